The fourth-order valence-electron chi connectivity index (χ4n) is 2.52. The number of benzene rings is 2. The Morgan fingerprint density at radius 3 is 1.58 bits per heavy atom. The maximum Gasteiger partial charge on any atom is 0.0636 e. The molecule has 0 amide bonds. The number of aromatic nitrogens is 1. The van der Waals surface area contributed by atoms with Gasteiger partial charge in [-0.3, -0.25) is 0 Å². The first-order chi connectivity index (χ1) is 9.02. The highest BCUT2D eigenvalue weighted by molar-refractivity contribution is 9.11. The van der Waals surface area contributed by atoms with Crippen molar-refractivity contribution in [3.05, 3.63) is 42.2 Å². The van der Waals surface area contributed by atoms with Crippen LogP contribution < -0.4 is 0 Å². The van der Waals surface area contributed by atoms with Gasteiger partial charge in [0.25, 0.3) is 0 Å². The molecule has 5 heteroatoms. The highest BCUT2D eigenvalue weighted by atomic mass is 79.9. The highest BCUT2D eigenvalue weighted by Gasteiger charge is 2.15. The number of aryl methyl sites for hydroxylation is 1. The van der Waals surface area contributed by atoms with Crippen molar-refractivity contribution in [2.45, 2.75) is 13.5 Å². The zero-order chi connectivity index (χ0) is 13.7. The molecule has 0 saturated carbocycles. The van der Waals surface area contributed by atoms with Gasteiger partial charge in [0.05, 0.1) is 11.0 Å². The number of hydrogen-bond acceptors (Lipinski definition) is 0. The lowest BCUT2D eigenvalue weighted by molar-refractivity contribution is 0.824. The molecular weight excluding hydrogens is 502 g/mol. The van der Waals surface area contributed by atoms with Crippen molar-refractivity contribution in [2.24, 2.45) is 0 Å². The molecule has 1 heterocycles. The van der Waals surface area contributed by atoms with Gasteiger partial charge in [-0.25, -0.2) is 0 Å². The van der Waals surface area contributed by atoms with Crippen LogP contribution in [0.5, 0.6) is 0 Å². The summed E-state index contributed by atoms with van der Waals surface area (Å²) in [6.45, 7) is 3.10. The summed E-state index contributed by atoms with van der Waals surface area (Å²) in [4.78, 5) is 0. The molecule has 3 aromatic rings. The van der Waals surface area contributed by atoms with E-state index in [-0.39, 0.29) is 0 Å². The van der Waals surface area contributed by atoms with E-state index >= 15 is 0 Å². The molecule has 1 nitrogen and oxygen atoms in total. The van der Waals surface area contributed by atoms with Gasteiger partial charge in [-0.15, -0.1) is 0 Å². The molecule has 0 aliphatic carbocycles. The van der Waals surface area contributed by atoms with Gasteiger partial charge < -0.3 is 4.57 Å². The topological polar surface area (TPSA) is 4.93 Å². The zero-order valence-electron chi connectivity index (χ0n) is 9.98. The minimum atomic E-state index is 0.931. The summed E-state index contributed by atoms with van der Waals surface area (Å²) in [5.74, 6) is 0. The van der Waals surface area contributed by atoms with E-state index in [1.54, 1.807) is 0 Å². The molecule has 0 spiro atoms. The monoisotopic (exact) mass is 507 g/mol. The molecule has 1 aromatic heterocycles. The third-order valence-corrected chi connectivity index (χ3v) is 5.33. The number of fused-ring (bicyclic) bond motifs is 3. The van der Waals surface area contributed by atoms with Crippen molar-refractivity contribution in [1.29, 1.82) is 0 Å². The van der Waals surface area contributed by atoms with Crippen molar-refractivity contribution in [3.8, 4) is 0 Å². The molecule has 0 fully saturated rings. The van der Waals surface area contributed by atoms with E-state index in [0.29, 0.717) is 0 Å². The SMILES string of the molecule is CCn1c2c(Br)cc(Br)cc2c2cc(Br)cc(Br)c21. The van der Waals surface area contributed by atoms with E-state index in [1.165, 1.54) is 21.8 Å². The average molecular weight is 511 g/mol. The predicted molar refractivity (Wildman–Crippen MR) is 95.9 cm³/mol. The Kier molecular flexibility index (Phi) is 3.84. The Balaban J connectivity index is 2.66. The Hall–Kier alpha value is 0.160. The van der Waals surface area contributed by atoms with E-state index < -0.39 is 0 Å². The van der Waals surface area contributed by atoms with E-state index in [1.807, 2.05) is 0 Å². The Bertz CT molecular complexity index is 739. The van der Waals surface area contributed by atoms with Gasteiger partial charge >= 0.3 is 0 Å². The molecule has 98 valence electrons. The summed E-state index contributed by atoms with van der Waals surface area (Å²) in [6.07, 6.45) is 0. The van der Waals surface area contributed by atoms with Crippen molar-refractivity contribution in [1.82, 2.24) is 4.57 Å². The Morgan fingerprint density at radius 1 is 0.789 bits per heavy atom. The Labute approximate surface area is 144 Å². The lowest BCUT2D eigenvalue weighted by atomic mass is 10.1. The number of hydrogen-bond donors (Lipinski definition) is 0. The van der Waals surface area contributed by atoms with Crippen molar-refractivity contribution >= 4 is 85.5 Å². The molecule has 0 bridgehead atoms. The Morgan fingerprint density at radius 2 is 1.21 bits per heavy atom. The number of rotatable bonds is 1. The van der Waals surface area contributed by atoms with Crippen LogP contribution in [0.15, 0.2) is 42.2 Å². The molecule has 0 atom stereocenters. The van der Waals surface area contributed by atoms with Gasteiger partial charge in [0.15, 0.2) is 0 Å². The lowest BCUT2D eigenvalue weighted by Crippen LogP contribution is -1.94. The third-order valence-electron chi connectivity index (χ3n) is 3.20. The summed E-state index contributed by atoms with van der Waals surface area (Å²) < 4.78 is 6.71. The summed E-state index contributed by atoms with van der Waals surface area (Å²) >= 11 is 14.5. The fourth-order valence-corrected chi connectivity index (χ4v) is 5.40. The average Bonchev–Trinajstić information content (AvgIpc) is 2.63. The molecule has 19 heavy (non-hydrogen) atoms. The van der Waals surface area contributed by atoms with Crippen molar-refractivity contribution in [2.75, 3.05) is 0 Å². The van der Waals surface area contributed by atoms with Gasteiger partial charge in [-0.1, -0.05) is 31.9 Å². The van der Waals surface area contributed by atoms with Gasteiger partial charge in [0.1, 0.15) is 0 Å². The van der Waals surface area contributed by atoms with E-state index in [0.717, 1.165) is 24.4 Å². The fraction of sp³-hybridized carbons (Fsp3) is 0.143. The number of nitrogens with zero attached hydrogens (tertiary/aromatic N) is 1. The third kappa shape index (κ3) is 2.23. The van der Waals surface area contributed by atoms with Crippen LogP contribution in [-0.4, -0.2) is 4.57 Å². The van der Waals surface area contributed by atoms with Gasteiger partial charge in [0.2, 0.25) is 0 Å². The van der Waals surface area contributed by atoms with Crippen LogP contribution in [0.1, 0.15) is 6.92 Å². The van der Waals surface area contributed by atoms with Crippen LogP contribution in [0, 0.1) is 0 Å². The first-order valence-corrected chi connectivity index (χ1v) is 8.96. The maximum atomic E-state index is 3.68. The second kappa shape index (κ2) is 5.17. The van der Waals surface area contributed by atoms with E-state index in [4.69, 9.17) is 0 Å². The molecule has 0 N–H and O–H groups in total. The largest absolute Gasteiger partial charge is 0.339 e. The summed E-state index contributed by atoms with van der Waals surface area (Å²) in [7, 11) is 0. The molecule has 0 saturated heterocycles. The summed E-state index contributed by atoms with van der Waals surface area (Å²) in [5, 5.41) is 2.50. The van der Waals surface area contributed by atoms with E-state index in [2.05, 4.69) is 99.5 Å². The smallest absolute Gasteiger partial charge is 0.0636 e. The van der Waals surface area contributed by atoms with Crippen molar-refractivity contribution in [3.63, 3.8) is 0 Å². The first kappa shape index (κ1) is 14.1. The van der Waals surface area contributed by atoms with E-state index in [9.17, 15) is 0 Å². The molecular formula is C14H9Br4N. The highest BCUT2D eigenvalue weighted by Crippen LogP contribution is 2.40. The molecule has 2 aromatic carbocycles. The standard InChI is InChI=1S/C14H9Br4N/c1-2-19-13-9(3-7(15)5-11(13)17)10-4-8(16)6-12(18)14(10)19/h3-6H,2H2,1H3. The van der Waals surface area contributed by atoms with Crippen LogP contribution in [0.25, 0.3) is 21.8 Å². The summed E-state index contributed by atoms with van der Waals surface area (Å²) in [6, 6.07) is 8.54. The first-order valence-electron chi connectivity index (χ1n) is 5.79. The van der Waals surface area contributed by atoms with Crippen LogP contribution >= 0.6 is 63.7 Å². The minimum Gasteiger partial charge on any atom is -0.339 e. The van der Waals surface area contributed by atoms with Gasteiger partial charge in [-0.05, 0) is 63.0 Å². The number of halogens is 4. The van der Waals surface area contributed by atoms with Gasteiger partial charge in [-0.2, -0.15) is 0 Å². The molecule has 0 aliphatic heterocycles. The molecule has 0 unspecified atom stereocenters. The van der Waals surface area contributed by atoms with Crippen LogP contribution in [0.3, 0.4) is 0 Å². The quantitative estimate of drug-likeness (QED) is 0.337. The zero-order valence-corrected chi connectivity index (χ0v) is 16.3. The summed E-state index contributed by atoms with van der Waals surface area (Å²) in [5.41, 5.74) is 2.47. The minimum absolute atomic E-state index is 0.931. The van der Waals surface area contributed by atoms with Crippen LogP contribution in [0.2, 0.25) is 0 Å². The van der Waals surface area contributed by atoms with Crippen LogP contribution in [0.4, 0.5) is 0 Å². The molecule has 3 rings (SSSR count). The molecule has 0 aliphatic rings. The normalized spacial score (nSPS) is 11.6. The maximum absolute atomic E-state index is 3.68. The second-order valence-electron chi connectivity index (χ2n) is 4.31. The molecule has 0 radical (unpaired) electrons. The lowest BCUT2D eigenvalue weighted by Gasteiger charge is -2.06. The van der Waals surface area contributed by atoms with Gasteiger partial charge in [0, 0.05) is 35.2 Å². The second-order valence-corrected chi connectivity index (χ2v) is 7.85. The van der Waals surface area contributed by atoms with Crippen molar-refractivity contribution < 1.29 is 0 Å². The van der Waals surface area contributed by atoms with Crippen LogP contribution in [-0.2, 0) is 6.54 Å². The predicted octanol–water partition coefficient (Wildman–Crippen LogP) is 6.86.